The number of amides is 1. The van der Waals surface area contributed by atoms with Crippen molar-refractivity contribution in [1.29, 1.82) is 0 Å². The van der Waals surface area contributed by atoms with Crippen molar-refractivity contribution in [3.8, 4) is 11.5 Å². The fraction of sp³-hybridized carbons (Fsp3) is 0.333. The monoisotopic (exact) mass is 369 g/mol. The highest BCUT2D eigenvalue weighted by Crippen LogP contribution is 2.26. The van der Waals surface area contributed by atoms with E-state index in [9.17, 15) is 9.59 Å². The van der Waals surface area contributed by atoms with Gasteiger partial charge in [0, 0.05) is 0 Å². The van der Waals surface area contributed by atoms with Crippen LogP contribution in [0.15, 0.2) is 36.4 Å². The van der Waals surface area contributed by atoms with Gasteiger partial charge in [0.15, 0.2) is 13.2 Å². The molecule has 2 aromatic carbocycles. The fourth-order valence-corrected chi connectivity index (χ4v) is 3.07. The molecule has 0 aliphatic heterocycles. The quantitative estimate of drug-likeness (QED) is 0.760. The van der Waals surface area contributed by atoms with Crippen LogP contribution in [0.4, 0.5) is 5.69 Å². The maximum absolute atomic E-state index is 12.0. The number of fused-ring (bicyclic) bond motifs is 1. The number of benzene rings is 2. The Labute approximate surface area is 158 Å². The summed E-state index contributed by atoms with van der Waals surface area (Å²) in [6.45, 7) is 1.29. The second-order valence-corrected chi connectivity index (χ2v) is 6.49. The van der Waals surface area contributed by atoms with Crippen LogP contribution in [0.5, 0.6) is 11.5 Å². The molecule has 142 valence electrons. The van der Waals surface area contributed by atoms with Gasteiger partial charge in [-0.3, -0.25) is 4.79 Å². The fourth-order valence-electron chi connectivity index (χ4n) is 3.07. The molecular weight excluding hydrogens is 346 g/mol. The number of carbonyl (C=O) groups is 2. The summed E-state index contributed by atoms with van der Waals surface area (Å²) in [6.07, 6.45) is 3.29. The third-order valence-electron chi connectivity index (χ3n) is 4.42. The molecule has 27 heavy (non-hydrogen) atoms. The van der Waals surface area contributed by atoms with Gasteiger partial charge in [0.2, 0.25) is 0 Å². The number of aryl methyl sites for hydroxylation is 3. The Kier molecular flexibility index (Phi) is 5.96. The smallest absolute Gasteiger partial charge is 0.344 e. The van der Waals surface area contributed by atoms with Crippen molar-refractivity contribution in [3.05, 3.63) is 53.1 Å². The Morgan fingerprint density at radius 3 is 2.67 bits per heavy atom. The van der Waals surface area contributed by atoms with Crippen molar-refractivity contribution in [2.24, 2.45) is 0 Å². The predicted molar refractivity (Wildman–Crippen MR) is 101 cm³/mol. The number of nitrogens with one attached hydrogen (secondary N) is 1. The average molecular weight is 369 g/mol. The van der Waals surface area contributed by atoms with Crippen molar-refractivity contribution in [2.75, 3.05) is 25.6 Å². The van der Waals surface area contributed by atoms with Crippen LogP contribution in [0.2, 0.25) is 0 Å². The van der Waals surface area contributed by atoms with E-state index < -0.39 is 11.9 Å². The molecule has 0 radical (unpaired) electrons. The molecule has 0 fully saturated rings. The van der Waals surface area contributed by atoms with Crippen LogP contribution in [0.25, 0.3) is 0 Å². The van der Waals surface area contributed by atoms with Crippen LogP contribution in [-0.2, 0) is 27.2 Å². The maximum Gasteiger partial charge on any atom is 0.344 e. The third kappa shape index (κ3) is 5.00. The summed E-state index contributed by atoms with van der Waals surface area (Å²) in [4.78, 5) is 23.8. The number of rotatable bonds is 7. The van der Waals surface area contributed by atoms with Crippen LogP contribution in [-0.4, -0.2) is 32.2 Å². The van der Waals surface area contributed by atoms with E-state index in [4.69, 9.17) is 14.2 Å². The molecule has 1 amide bonds. The van der Waals surface area contributed by atoms with E-state index in [0.717, 1.165) is 24.8 Å². The number of methoxy groups -OCH3 is 1. The normalized spacial score (nSPS) is 12.2. The Bertz CT molecular complexity index is 846. The minimum Gasteiger partial charge on any atom is -0.495 e. The molecule has 0 saturated carbocycles. The van der Waals surface area contributed by atoms with Crippen molar-refractivity contribution >= 4 is 17.6 Å². The first-order chi connectivity index (χ1) is 13.0. The summed E-state index contributed by atoms with van der Waals surface area (Å²) in [5.74, 6) is 0.147. The highest BCUT2D eigenvalue weighted by Gasteiger charge is 2.14. The van der Waals surface area contributed by atoms with E-state index in [-0.39, 0.29) is 13.2 Å². The van der Waals surface area contributed by atoms with E-state index >= 15 is 0 Å². The molecule has 6 nitrogen and oxygen atoms in total. The number of hydrogen-bond donors (Lipinski definition) is 1. The molecule has 1 N–H and O–H groups in total. The Morgan fingerprint density at radius 2 is 1.85 bits per heavy atom. The molecule has 1 aliphatic rings. The molecule has 3 rings (SSSR count). The van der Waals surface area contributed by atoms with Gasteiger partial charge in [-0.1, -0.05) is 12.1 Å². The minimum absolute atomic E-state index is 0.236. The molecule has 0 atom stereocenters. The van der Waals surface area contributed by atoms with Crippen LogP contribution >= 0.6 is 0 Å². The van der Waals surface area contributed by atoms with Crippen LogP contribution < -0.4 is 14.8 Å². The number of carbonyl (C=O) groups excluding carboxylic acids is 2. The van der Waals surface area contributed by atoms with Gasteiger partial charge in [-0.05, 0) is 67.1 Å². The van der Waals surface area contributed by atoms with Gasteiger partial charge in [-0.15, -0.1) is 0 Å². The van der Waals surface area contributed by atoms with Gasteiger partial charge in [-0.25, -0.2) is 4.79 Å². The van der Waals surface area contributed by atoms with Crippen molar-refractivity contribution in [2.45, 2.75) is 26.2 Å². The summed E-state index contributed by atoms with van der Waals surface area (Å²) in [5.41, 5.74) is 4.12. The molecule has 0 spiro atoms. The molecule has 1 aliphatic carbocycles. The first kappa shape index (κ1) is 18.8. The molecule has 0 unspecified atom stereocenters. The summed E-state index contributed by atoms with van der Waals surface area (Å²) < 4.78 is 15.7. The highest BCUT2D eigenvalue weighted by atomic mass is 16.6. The van der Waals surface area contributed by atoms with Crippen LogP contribution in [0.1, 0.15) is 23.1 Å². The Morgan fingerprint density at radius 1 is 1.04 bits per heavy atom. The second kappa shape index (κ2) is 8.58. The van der Waals surface area contributed by atoms with Crippen molar-refractivity contribution in [1.82, 2.24) is 0 Å². The summed E-state index contributed by atoms with van der Waals surface area (Å²) in [6, 6.07) is 11.3. The topological polar surface area (TPSA) is 73.9 Å². The van der Waals surface area contributed by atoms with Gasteiger partial charge in [0.25, 0.3) is 5.91 Å². The predicted octanol–water partition coefficient (Wildman–Crippen LogP) is 3.05. The van der Waals surface area contributed by atoms with Gasteiger partial charge < -0.3 is 19.5 Å². The molecule has 0 heterocycles. The second-order valence-electron chi connectivity index (χ2n) is 6.49. The molecule has 0 aromatic heterocycles. The Balaban J connectivity index is 1.45. The van der Waals surface area contributed by atoms with Gasteiger partial charge in [0.05, 0.1) is 12.8 Å². The lowest BCUT2D eigenvalue weighted by Gasteiger charge is -2.11. The molecule has 0 saturated heterocycles. The molecular formula is C21H23NO5. The van der Waals surface area contributed by atoms with E-state index in [0.29, 0.717) is 17.2 Å². The molecule has 0 bridgehead atoms. The third-order valence-corrected chi connectivity index (χ3v) is 4.42. The summed E-state index contributed by atoms with van der Waals surface area (Å²) in [5, 5.41) is 2.68. The zero-order chi connectivity index (χ0) is 19.2. The number of esters is 1. The first-order valence-electron chi connectivity index (χ1n) is 8.90. The van der Waals surface area contributed by atoms with Gasteiger partial charge in [0.1, 0.15) is 11.5 Å². The van der Waals surface area contributed by atoms with E-state index in [2.05, 4.69) is 5.32 Å². The SMILES string of the molecule is COc1ccc(C)cc1NC(=O)COC(=O)COc1ccc2c(c1)CCC2. The molecule has 6 heteroatoms. The minimum atomic E-state index is -0.596. The summed E-state index contributed by atoms with van der Waals surface area (Å²) in [7, 11) is 1.52. The highest BCUT2D eigenvalue weighted by molar-refractivity contribution is 5.94. The van der Waals surface area contributed by atoms with Crippen LogP contribution in [0, 0.1) is 6.92 Å². The molecule has 2 aromatic rings. The maximum atomic E-state index is 12.0. The van der Waals surface area contributed by atoms with E-state index in [1.54, 1.807) is 12.1 Å². The largest absolute Gasteiger partial charge is 0.495 e. The Hall–Kier alpha value is -3.02. The lowest BCUT2D eigenvalue weighted by Crippen LogP contribution is -2.24. The first-order valence-corrected chi connectivity index (χ1v) is 8.90. The summed E-state index contributed by atoms with van der Waals surface area (Å²) >= 11 is 0. The average Bonchev–Trinajstić information content (AvgIpc) is 3.12. The van der Waals surface area contributed by atoms with Crippen molar-refractivity contribution < 1.29 is 23.8 Å². The zero-order valence-corrected chi connectivity index (χ0v) is 15.5. The zero-order valence-electron chi connectivity index (χ0n) is 15.5. The number of anilines is 1. The van der Waals surface area contributed by atoms with Gasteiger partial charge in [-0.2, -0.15) is 0 Å². The van der Waals surface area contributed by atoms with Crippen LogP contribution in [0.3, 0.4) is 0 Å². The standard InChI is InChI=1S/C21H23NO5/c1-14-6-9-19(25-2)18(10-14)22-20(23)12-27-21(24)13-26-17-8-7-15-4-3-5-16(15)11-17/h6-11H,3-5,12-13H2,1-2H3,(H,22,23). The van der Waals surface area contributed by atoms with Crippen molar-refractivity contribution in [3.63, 3.8) is 0 Å². The van der Waals surface area contributed by atoms with Gasteiger partial charge >= 0.3 is 5.97 Å². The number of hydrogen-bond acceptors (Lipinski definition) is 5. The number of ether oxygens (including phenoxy) is 3. The van der Waals surface area contributed by atoms with E-state index in [1.165, 1.54) is 18.2 Å². The lowest BCUT2D eigenvalue weighted by molar-refractivity contribution is -0.149. The lowest BCUT2D eigenvalue weighted by atomic mass is 10.1. The van der Waals surface area contributed by atoms with E-state index in [1.807, 2.05) is 31.2 Å².